The molecule has 1 aliphatic rings. The van der Waals surface area contributed by atoms with Gasteiger partial charge >= 0.3 is 0 Å². The van der Waals surface area contributed by atoms with E-state index >= 15 is 0 Å². The first-order chi connectivity index (χ1) is 13.6. The first kappa shape index (κ1) is 18.1. The molecular formula is C22H19F2N3O. The second kappa shape index (κ2) is 7.76. The lowest BCUT2D eigenvalue weighted by Crippen LogP contribution is -2.08. The van der Waals surface area contributed by atoms with Crippen molar-refractivity contribution in [3.05, 3.63) is 77.8 Å². The molecule has 0 spiro atoms. The van der Waals surface area contributed by atoms with Crippen LogP contribution < -0.4 is 5.32 Å². The fourth-order valence-electron chi connectivity index (χ4n) is 3.32. The third kappa shape index (κ3) is 3.86. The molecule has 1 amide bonds. The molecule has 28 heavy (non-hydrogen) atoms. The fraction of sp³-hybridized carbons (Fsp3) is 0.182. The van der Waals surface area contributed by atoms with E-state index in [1.165, 1.54) is 6.07 Å². The average molecular weight is 379 g/mol. The van der Waals surface area contributed by atoms with Crippen LogP contribution in [-0.4, -0.2) is 15.5 Å². The lowest BCUT2D eigenvalue weighted by Gasteiger charge is -2.11. The molecule has 0 atom stereocenters. The number of aryl methyl sites for hydroxylation is 2. The highest BCUT2D eigenvalue weighted by Crippen LogP contribution is 2.25. The van der Waals surface area contributed by atoms with E-state index in [2.05, 4.69) is 14.9 Å². The molecule has 2 heterocycles. The molecular weight excluding hydrogens is 360 g/mol. The zero-order chi connectivity index (χ0) is 19.5. The van der Waals surface area contributed by atoms with E-state index in [1.807, 2.05) is 24.4 Å². The molecule has 0 saturated carbocycles. The van der Waals surface area contributed by atoms with Crippen molar-refractivity contribution in [1.82, 2.24) is 9.55 Å². The van der Waals surface area contributed by atoms with Crippen molar-refractivity contribution in [2.45, 2.75) is 25.8 Å². The number of anilines is 1. The number of carbonyl (C=O) groups excluding carboxylic acids is 1. The molecule has 0 unspecified atom stereocenters. The third-order valence-electron chi connectivity index (χ3n) is 4.74. The highest BCUT2D eigenvalue weighted by atomic mass is 19.1. The number of aromatic nitrogens is 2. The fourth-order valence-corrected chi connectivity index (χ4v) is 3.32. The summed E-state index contributed by atoms with van der Waals surface area (Å²) in [6.45, 7) is 0.982. The van der Waals surface area contributed by atoms with Gasteiger partial charge in [0.2, 0.25) is 5.91 Å². The van der Waals surface area contributed by atoms with Crippen LogP contribution in [0.3, 0.4) is 0 Å². The Labute approximate surface area is 161 Å². The summed E-state index contributed by atoms with van der Waals surface area (Å²) in [5, 5.41) is 2.72. The van der Waals surface area contributed by atoms with E-state index in [0.29, 0.717) is 5.69 Å². The summed E-state index contributed by atoms with van der Waals surface area (Å²) in [5.74, 6) is -0.806. The molecule has 0 aliphatic carbocycles. The number of halogens is 2. The maximum absolute atomic E-state index is 13.6. The molecule has 1 N–H and O–H groups in total. The highest BCUT2D eigenvalue weighted by Gasteiger charge is 2.13. The number of nitrogens with one attached hydrogen (secondary N) is 1. The van der Waals surface area contributed by atoms with Crippen LogP contribution in [0.2, 0.25) is 0 Å². The van der Waals surface area contributed by atoms with Crippen molar-refractivity contribution in [2.24, 2.45) is 0 Å². The molecule has 0 saturated heterocycles. The predicted octanol–water partition coefficient (Wildman–Crippen LogP) is 4.82. The van der Waals surface area contributed by atoms with Crippen molar-refractivity contribution in [1.29, 1.82) is 0 Å². The summed E-state index contributed by atoms with van der Waals surface area (Å²) in [6, 6.07) is 10.9. The molecule has 142 valence electrons. The van der Waals surface area contributed by atoms with Gasteiger partial charge in [-0.05, 0) is 43.2 Å². The number of amides is 1. The summed E-state index contributed by atoms with van der Waals surface area (Å²) in [5.41, 5.74) is 2.13. The second-order valence-corrected chi connectivity index (χ2v) is 6.73. The van der Waals surface area contributed by atoms with E-state index in [4.69, 9.17) is 0 Å². The smallest absolute Gasteiger partial charge is 0.248 e. The first-order valence-corrected chi connectivity index (χ1v) is 9.20. The first-order valence-electron chi connectivity index (χ1n) is 9.20. The predicted molar refractivity (Wildman–Crippen MR) is 105 cm³/mol. The topological polar surface area (TPSA) is 46.9 Å². The minimum absolute atomic E-state index is 0.241. The van der Waals surface area contributed by atoms with Crippen LogP contribution in [0.4, 0.5) is 14.5 Å². The highest BCUT2D eigenvalue weighted by molar-refractivity contribution is 6.02. The summed E-state index contributed by atoms with van der Waals surface area (Å²) in [6.07, 6.45) is 7.58. The largest absolute Gasteiger partial charge is 0.334 e. The summed E-state index contributed by atoms with van der Waals surface area (Å²) < 4.78 is 29.4. The molecule has 3 aromatic rings. The van der Waals surface area contributed by atoms with Crippen LogP contribution in [0, 0.1) is 11.6 Å². The number of carbonyl (C=O) groups is 1. The Morgan fingerprint density at radius 1 is 1.11 bits per heavy atom. The molecule has 4 rings (SSSR count). The van der Waals surface area contributed by atoms with Gasteiger partial charge in [0.25, 0.3) is 0 Å². The summed E-state index contributed by atoms with van der Waals surface area (Å²) >= 11 is 0. The SMILES string of the molecule is O=C(/C=C/c1c(F)cccc1F)Nc1cccc(-c2cn3c(n2)CCCC3)c1. The van der Waals surface area contributed by atoms with Gasteiger partial charge in [-0.2, -0.15) is 0 Å². The monoisotopic (exact) mass is 379 g/mol. The van der Waals surface area contributed by atoms with Gasteiger partial charge in [-0.25, -0.2) is 13.8 Å². The van der Waals surface area contributed by atoms with E-state index in [0.717, 1.165) is 67.2 Å². The minimum atomic E-state index is -0.713. The minimum Gasteiger partial charge on any atom is -0.334 e. The van der Waals surface area contributed by atoms with Gasteiger partial charge in [0, 0.05) is 42.1 Å². The molecule has 0 radical (unpaired) electrons. The molecule has 1 aromatic heterocycles. The van der Waals surface area contributed by atoms with Crippen LogP contribution in [0.1, 0.15) is 24.2 Å². The number of hydrogen-bond acceptors (Lipinski definition) is 2. The quantitative estimate of drug-likeness (QED) is 0.661. The van der Waals surface area contributed by atoms with Gasteiger partial charge in [0.1, 0.15) is 17.5 Å². The molecule has 6 heteroatoms. The van der Waals surface area contributed by atoms with Crippen LogP contribution >= 0.6 is 0 Å². The number of rotatable bonds is 4. The third-order valence-corrected chi connectivity index (χ3v) is 4.74. The van der Waals surface area contributed by atoms with Gasteiger partial charge in [-0.3, -0.25) is 4.79 Å². The summed E-state index contributed by atoms with van der Waals surface area (Å²) in [4.78, 5) is 16.8. The number of hydrogen-bond donors (Lipinski definition) is 1. The van der Waals surface area contributed by atoms with Gasteiger partial charge in [-0.1, -0.05) is 18.2 Å². The van der Waals surface area contributed by atoms with Gasteiger partial charge < -0.3 is 9.88 Å². The molecule has 1 aliphatic heterocycles. The summed E-state index contributed by atoms with van der Waals surface area (Å²) in [7, 11) is 0. The second-order valence-electron chi connectivity index (χ2n) is 6.73. The molecule has 4 nitrogen and oxygen atoms in total. The number of fused-ring (bicyclic) bond motifs is 1. The van der Waals surface area contributed by atoms with E-state index < -0.39 is 17.5 Å². The maximum atomic E-state index is 13.6. The molecule has 0 fully saturated rings. The number of imidazole rings is 1. The van der Waals surface area contributed by atoms with Crippen LogP contribution in [0.5, 0.6) is 0 Å². The van der Waals surface area contributed by atoms with Crippen molar-refractivity contribution >= 4 is 17.7 Å². The Morgan fingerprint density at radius 3 is 2.68 bits per heavy atom. The van der Waals surface area contributed by atoms with E-state index in [9.17, 15) is 13.6 Å². The van der Waals surface area contributed by atoms with Gasteiger partial charge in [0.05, 0.1) is 5.69 Å². The van der Waals surface area contributed by atoms with E-state index in [1.54, 1.807) is 6.07 Å². The maximum Gasteiger partial charge on any atom is 0.248 e. The standard InChI is InChI=1S/C22H19F2N3O/c23-18-7-4-8-19(24)17(18)10-11-22(28)25-16-6-3-5-15(13-16)20-14-27-12-2-1-9-21(27)26-20/h3-8,10-11,13-14H,1-2,9,12H2,(H,25,28)/b11-10+. The van der Waals surface area contributed by atoms with E-state index in [-0.39, 0.29) is 5.56 Å². The number of nitrogens with zero attached hydrogens (tertiary/aromatic N) is 2. The van der Waals surface area contributed by atoms with Crippen molar-refractivity contribution in [3.8, 4) is 11.3 Å². The van der Waals surface area contributed by atoms with Crippen molar-refractivity contribution in [2.75, 3.05) is 5.32 Å². The Balaban J connectivity index is 1.49. The normalized spacial score (nSPS) is 13.5. The average Bonchev–Trinajstić information content (AvgIpc) is 3.12. The van der Waals surface area contributed by atoms with Crippen molar-refractivity contribution in [3.63, 3.8) is 0 Å². The van der Waals surface area contributed by atoms with Crippen molar-refractivity contribution < 1.29 is 13.6 Å². The Kier molecular flexibility index (Phi) is 5.02. The van der Waals surface area contributed by atoms with Gasteiger partial charge in [0.15, 0.2) is 0 Å². The zero-order valence-electron chi connectivity index (χ0n) is 15.2. The van der Waals surface area contributed by atoms with Crippen LogP contribution in [0.25, 0.3) is 17.3 Å². The lowest BCUT2D eigenvalue weighted by molar-refractivity contribution is -0.111. The Hall–Kier alpha value is -3.28. The number of benzene rings is 2. The van der Waals surface area contributed by atoms with Gasteiger partial charge in [-0.15, -0.1) is 0 Å². The molecule has 0 bridgehead atoms. The van der Waals surface area contributed by atoms with Crippen LogP contribution in [-0.2, 0) is 17.8 Å². The Bertz CT molecular complexity index is 1010. The Morgan fingerprint density at radius 2 is 1.89 bits per heavy atom. The molecule has 2 aromatic carbocycles. The lowest BCUT2D eigenvalue weighted by atomic mass is 10.1. The van der Waals surface area contributed by atoms with Crippen LogP contribution in [0.15, 0.2) is 54.7 Å². The zero-order valence-corrected chi connectivity index (χ0v) is 15.2.